The van der Waals surface area contributed by atoms with Gasteiger partial charge in [0.05, 0.1) is 18.5 Å². The maximum atomic E-state index is 13.6. The lowest BCUT2D eigenvalue weighted by molar-refractivity contribution is -0.114. The minimum absolute atomic E-state index is 0.0640. The summed E-state index contributed by atoms with van der Waals surface area (Å²) in [6.45, 7) is 4.08. The van der Waals surface area contributed by atoms with Gasteiger partial charge in [0.2, 0.25) is 5.91 Å². The molecule has 1 aromatic carbocycles. The van der Waals surface area contributed by atoms with Gasteiger partial charge in [0, 0.05) is 23.1 Å². The Morgan fingerprint density at radius 1 is 1.25 bits per heavy atom. The molecule has 1 amide bonds. The predicted octanol–water partition coefficient (Wildman–Crippen LogP) is 3.49. The van der Waals surface area contributed by atoms with E-state index < -0.39 is 0 Å². The number of aryl methyl sites for hydroxylation is 1. The lowest BCUT2D eigenvalue weighted by Gasteiger charge is -2.18. The Labute approximate surface area is 191 Å². The molecule has 1 unspecified atom stereocenters. The summed E-state index contributed by atoms with van der Waals surface area (Å²) in [5, 5.41) is 3.38. The molecule has 1 aliphatic rings. The molecule has 32 heavy (non-hydrogen) atoms. The standard InChI is InChI=1S/C24H28N4O3S/c1-14-5-10-18-20(11-14)32-23-22(18)24(31)28(21(26-23)13-27(3)4)12-19(30)16-6-8-17(9-7-16)25-15(2)29/h6-9,14H,5,10-13H2,1-4H3,(H,25,29). The van der Waals surface area contributed by atoms with E-state index in [9.17, 15) is 14.4 Å². The van der Waals surface area contributed by atoms with E-state index in [4.69, 9.17) is 4.98 Å². The number of nitrogens with one attached hydrogen (secondary N) is 1. The van der Waals surface area contributed by atoms with Crippen molar-refractivity contribution in [3.63, 3.8) is 0 Å². The molecule has 0 bridgehead atoms. The number of hydrogen-bond acceptors (Lipinski definition) is 6. The average Bonchev–Trinajstić information content (AvgIpc) is 3.07. The number of carbonyl (C=O) groups excluding carboxylic acids is 2. The molecule has 0 radical (unpaired) electrons. The number of Topliss-reactive ketones (excluding diaryl/α,β-unsaturated/α-hetero) is 1. The van der Waals surface area contributed by atoms with Crippen LogP contribution in [0, 0.1) is 5.92 Å². The normalized spacial score (nSPS) is 15.7. The summed E-state index contributed by atoms with van der Waals surface area (Å²) in [6.07, 6.45) is 2.94. The van der Waals surface area contributed by atoms with Crippen LogP contribution in [0.1, 0.15) is 46.9 Å². The van der Waals surface area contributed by atoms with Crippen LogP contribution in [0.4, 0.5) is 5.69 Å². The molecule has 0 spiro atoms. The van der Waals surface area contributed by atoms with E-state index in [1.165, 1.54) is 16.4 Å². The summed E-state index contributed by atoms with van der Waals surface area (Å²) in [7, 11) is 3.84. The van der Waals surface area contributed by atoms with E-state index in [-0.39, 0.29) is 23.8 Å². The lowest BCUT2D eigenvalue weighted by atomic mass is 9.89. The van der Waals surface area contributed by atoms with Crippen molar-refractivity contribution >= 4 is 38.9 Å². The van der Waals surface area contributed by atoms with Crippen molar-refractivity contribution in [1.82, 2.24) is 14.5 Å². The van der Waals surface area contributed by atoms with E-state index in [1.807, 2.05) is 19.0 Å². The molecule has 0 saturated heterocycles. The van der Waals surface area contributed by atoms with Gasteiger partial charge in [-0.3, -0.25) is 19.0 Å². The maximum absolute atomic E-state index is 13.6. The highest BCUT2D eigenvalue weighted by Gasteiger charge is 2.25. The molecule has 0 saturated carbocycles. The predicted molar refractivity (Wildman–Crippen MR) is 128 cm³/mol. The Morgan fingerprint density at radius 3 is 2.62 bits per heavy atom. The molecule has 1 aliphatic carbocycles. The van der Waals surface area contributed by atoms with Gasteiger partial charge >= 0.3 is 0 Å². The van der Waals surface area contributed by atoms with Gasteiger partial charge < -0.3 is 10.2 Å². The van der Waals surface area contributed by atoms with Crippen molar-refractivity contribution in [1.29, 1.82) is 0 Å². The number of amides is 1. The van der Waals surface area contributed by atoms with Gasteiger partial charge in [-0.05, 0) is 69.1 Å². The van der Waals surface area contributed by atoms with E-state index in [0.717, 1.165) is 29.7 Å². The Balaban J connectivity index is 1.73. The second kappa shape index (κ2) is 8.96. The SMILES string of the molecule is CC(=O)Nc1ccc(C(=O)Cn2c(CN(C)C)nc3sc4c(c3c2=O)CCC(C)C4)cc1. The third kappa shape index (κ3) is 4.52. The fourth-order valence-corrected chi connectivity index (χ4v) is 5.60. The molecule has 2 heterocycles. The van der Waals surface area contributed by atoms with Crippen LogP contribution in [-0.2, 0) is 30.7 Å². The number of benzene rings is 1. The Morgan fingerprint density at radius 2 is 1.97 bits per heavy atom. The van der Waals surface area contributed by atoms with Crippen molar-refractivity contribution in [2.75, 3.05) is 19.4 Å². The fourth-order valence-electron chi connectivity index (χ4n) is 4.21. The van der Waals surface area contributed by atoms with Crippen LogP contribution < -0.4 is 10.9 Å². The zero-order valence-corrected chi connectivity index (χ0v) is 19.7. The smallest absolute Gasteiger partial charge is 0.263 e. The number of carbonyl (C=O) groups is 2. The quantitative estimate of drug-likeness (QED) is 0.579. The summed E-state index contributed by atoms with van der Waals surface area (Å²) in [4.78, 5) is 46.7. The zero-order valence-electron chi connectivity index (χ0n) is 18.9. The summed E-state index contributed by atoms with van der Waals surface area (Å²) in [5.41, 5.74) is 2.12. The first kappa shape index (κ1) is 22.4. The molecule has 0 aliphatic heterocycles. The largest absolute Gasteiger partial charge is 0.326 e. The maximum Gasteiger partial charge on any atom is 0.263 e. The Bertz CT molecular complexity index is 1240. The first-order valence-corrected chi connectivity index (χ1v) is 11.6. The lowest BCUT2D eigenvalue weighted by Crippen LogP contribution is -2.31. The van der Waals surface area contributed by atoms with Crippen molar-refractivity contribution in [2.24, 2.45) is 5.92 Å². The van der Waals surface area contributed by atoms with Gasteiger partial charge in [0.1, 0.15) is 10.7 Å². The molecule has 2 aromatic heterocycles. The molecule has 4 rings (SSSR count). The van der Waals surface area contributed by atoms with Gasteiger partial charge in [-0.1, -0.05) is 6.92 Å². The van der Waals surface area contributed by atoms with E-state index in [2.05, 4.69) is 12.2 Å². The van der Waals surface area contributed by atoms with Crippen LogP contribution in [-0.4, -0.2) is 40.2 Å². The topological polar surface area (TPSA) is 84.3 Å². The van der Waals surface area contributed by atoms with Crippen molar-refractivity contribution in [3.8, 4) is 0 Å². The molecule has 1 atom stereocenters. The van der Waals surface area contributed by atoms with Crippen molar-refractivity contribution < 1.29 is 9.59 Å². The number of anilines is 1. The monoisotopic (exact) mass is 452 g/mol. The van der Waals surface area contributed by atoms with Gasteiger partial charge in [0.15, 0.2) is 5.78 Å². The van der Waals surface area contributed by atoms with Crippen LogP contribution >= 0.6 is 11.3 Å². The Kier molecular flexibility index (Phi) is 6.26. The molecule has 7 nitrogen and oxygen atoms in total. The minimum atomic E-state index is -0.170. The zero-order chi connectivity index (χ0) is 23.0. The van der Waals surface area contributed by atoms with Crippen LogP contribution in [0.25, 0.3) is 10.2 Å². The van der Waals surface area contributed by atoms with Crippen molar-refractivity contribution in [2.45, 2.75) is 46.2 Å². The van der Waals surface area contributed by atoms with Gasteiger partial charge in [-0.15, -0.1) is 11.3 Å². The van der Waals surface area contributed by atoms with Crippen LogP contribution in [0.15, 0.2) is 29.1 Å². The second-order valence-corrected chi connectivity index (χ2v) is 9.95. The van der Waals surface area contributed by atoms with Crippen molar-refractivity contribution in [3.05, 3.63) is 56.4 Å². The highest BCUT2D eigenvalue weighted by Crippen LogP contribution is 2.35. The molecule has 168 valence electrons. The highest BCUT2D eigenvalue weighted by molar-refractivity contribution is 7.18. The molecule has 8 heteroatoms. The van der Waals surface area contributed by atoms with E-state index in [1.54, 1.807) is 35.6 Å². The van der Waals surface area contributed by atoms with E-state index in [0.29, 0.717) is 34.9 Å². The molecular weight excluding hydrogens is 424 g/mol. The number of hydrogen-bond donors (Lipinski definition) is 1. The molecule has 0 fully saturated rings. The van der Waals surface area contributed by atoms with Gasteiger partial charge in [-0.25, -0.2) is 4.98 Å². The minimum Gasteiger partial charge on any atom is -0.326 e. The van der Waals surface area contributed by atoms with Crippen LogP contribution in [0.3, 0.4) is 0 Å². The van der Waals surface area contributed by atoms with Gasteiger partial charge in [0.25, 0.3) is 5.56 Å². The molecule has 1 N–H and O–H groups in total. The second-order valence-electron chi connectivity index (χ2n) is 8.87. The van der Waals surface area contributed by atoms with Crippen LogP contribution in [0.2, 0.25) is 0 Å². The third-order valence-electron chi connectivity index (χ3n) is 5.78. The molecular formula is C24H28N4O3S. The number of aromatic nitrogens is 2. The number of fused-ring (bicyclic) bond motifs is 3. The summed E-state index contributed by atoms with van der Waals surface area (Å²) in [6, 6.07) is 6.72. The molecule has 3 aromatic rings. The highest BCUT2D eigenvalue weighted by atomic mass is 32.1. The van der Waals surface area contributed by atoms with Crippen LogP contribution in [0.5, 0.6) is 0 Å². The summed E-state index contributed by atoms with van der Waals surface area (Å²) < 4.78 is 1.54. The summed E-state index contributed by atoms with van der Waals surface area (Å²) in [5.74, 6) is 0.876. The first-order chi connectivity index (χ1) is 15.2. The number of nitrogens with zero attached hydrogens (tertiary/aromatic N) is 3. The summed E-state index contributed by atoms with van der Waals surface area (Å²) >= 11 is 1.63. The number of rotatable bonds is 6. The number of ketones is 1. The Hall–Kier alpha value is -2.84. The first-order valence-electron chi connectivity index (χ1n) is 10.8. The third-order valence-corrected chi connectivity index (χ3v) is 6.93. The average molecular weight is 453 g/mol. The number of thiophene rings is 1. The van der Waals surface area contributed by atoms with Gasteiger partial charge in [-0.2, -0.15) is 0 Å². The fraction of sp³-hybridized carbons (Fsp3) is 0.417. The van der Waals surface area contributed by atoms with E-state index >= 15 is 0 Å².